The number of hydrogen-bond donors (Lipinski definition) is 1. The zero-order valence-corrected chi connectivity index (χ0v) is 12.5. The van der Waals surface area contributed by atoms with E-state index in [1.807, 2.05) is 6.92 Å². The normalized spacial score (nSPS) is 24.8. The van der Waals surface area contributed by atoms with Gasteiger partial charge in [-0.1, -0.05) is 13.0 Å². The number of aliphatic hydroxyl groups is 1. The predicted molar refractivity (Wildman–Crippen MR) is 74.3 cm³/mol. The molecule has 1 aromatic carbocycles. The number of rotatable bonds is 3. The summed E-state index contributed by atoms with van der Waals surface area (Å²) in [6.45, 7) is 3.67. The van der Waals surface area contributed by atoms with Crippen LogP contribution < -0.4 is 0 Å². The first-order valence-electron chi connectivity index (χ1n) is 6.76. The van der Waals surface area contributed by atoms with Gasteiger partial charge in [-0.2, -0.15) is 4.31 Å². The van der Waals surface area contributed by atoms with E-state index in [0.29, 0.717) is 12.1 Å². The van der Waals surface area contributed by atoms with Gasteiger partial charge in [0.15, 0.2) is 0 Å². The number of benzene rings is 1. The van der Waals surface area contributed by atoms with Gasteiger partial charge >= 0.3 is 0 Å². The highest BCUT2D eigenvalue weighted by Crippen LogP contribution is 2.29. The molecular formula is C14H20FNO3S. The van der Waals surface area contributed by atoms with Crippen molar-refractivity contribution in [3.63, 3.8) is 0 Å². The maximum atomic E-state index is 13.6. The van der Waals surface area contributed by atoms with Gasteiger partial charge in [0.25, 0.3) is 0 Å². The molecule has 1 aliphatic heterocycles. The summed E-state index contributed by atoms with van der Waals surface area (Å²) in [6.07, 6.45) is 1.64. The molecule has 112 valence electrons. The van der Waals surface area contributed by atoms with Gasteiger partial charge in [-0.25, -0.2) is 12.8 Å². The Morgan fingerprint density at radius 2 is 2.15 bits per heavy atom. The predicted octanol–water partition coefficient (Wildman–Crippen LogP) is 1.92. The first-order valence-corrected chi connectivity index (χ1v) is 8.20. The van der Waals surface area contributed by atoms with E-state index in [-0.39, 0.29) is 17.4 Å². The lowest BCUT2D eigenvalue weighted by atomic mass is 9.93. The van der Waals surface area contributed by atoms with Gasteiger partial charge in [0.1, 0.15) is 5.82 Å². The highest BCUT2D eigenvalue weighted by Gasteiger charge is 2.36. The first kappa shape index (κ1) is 15.4. The molecule has 4 nitrogen and oxygen atoms in total. The molecule has 1 saturated heterocycles. The van der Waals surface area contributed by atoms with Crippen LogP contribution in [0.3, 0.4) is 0 Å². The topological polar surface area (TPSA) is 57.6 Å². The van der Waals surface area contributed by atoms with Crippen molar-refractivity contribution in [2.45, 2.75) is 37.6 Å². The second-order valence-electron chi connectivity index (χ2n) is 5.40. The van der Waals surface area contributed by atoms with Crippen LogP contribution in [0.5, 0.6) is 0 Å². The van der Waals surface area contributed by atoms with Gasteiger partial charge in [0.2, 0.25) is 10.0 Å². The Balaban J connectivity index is 2.40. The third kappa shape index (κ3) is 2.73. The molecule has 0 bridgehead atoms. The third-order valence-electron chi connectivity index (χ3n) is 4.00. The van der Waals surface area contributed by atoms with Crippen molar-refractivity contribution in [1.29, 1.82) is 0 Å². The van der Waals surface area contributed by atoms with Gasteiger partial charge in [-0.15, -0.1) is 0 Å². The lowest BCUT2D eigenvalue weighted by Crippen LogP contribution is -2.49. The lowest BCUT2D eigenvalue weighted by molar-refractivity contribution is 0.113. The Hall–Kier alpha value is -0.980. The number of aliphatic hydroxyl groups excluding tert-OH is 1. The van der Waals surface area contributed by atoms with Crippen LogP contribution in [-0.2, 0) is 10.0 Å². The van der Waals surface area contributed by atoms with E-state index in [0.717, 1.165) is 18.9 Å². The van der Waals surface area contributed by atoms with Gasteiger partial charge in [-0.3, -0.25) is 0 Å². The maximum absolute atomic E-state index is 13.6. The van der Waals surface area contributed by atoms with Crippen LogP contribution in [0.4, 0.5) is 4.39 Å². The standard InChI is InChI=1S/C14H20FNO3S/c1-10-5-6-12(8-13(10)15)20(18,19)16-7-3-4-11(2)14(16)9-17/h5-6,8,11,14,17H,3-4,7,9H2,1-2H3. The van der Waals surface area contributed by atoms with E-state index >= 15 is 0 Å². The molecule has 0 aliphatic carbocycles. The second kappa shape index (κ2) is 5.79. The summed E-state index contributed by atoms with van der Waals surface area (Å²) in [7, 11) is -3.76. The molecule has 0 saturated carbocycles. The molecule has 1 N–H and O–H groups in total. The average Bonchev–Trinajstić information content (AvgIpc) is 2.41. The molecule has 6 heteroatoms. The monoisotopic (exact) mass is 301 g/mol. The lowest BCUT2D eigenvalue weighted by Gasteiger charge is -2.37. The van der Waals surface area contributed by atoms with Crippen LogP contribution in [0, 0.1) is 18.7 Å². The minimum Gasteiger partial charge on any atom is -0.395 e. The first-order chi connectivity index (χ1) is 9.37. The van der Waals surface area contributed by atoms with Crippen molar-refractivity contribution < 1.29 is 17.9 Å². The summed E-state index contributed by atoms with van der Waals surface area (Å²) in [4.78, 5) is -0.0480. The average molecular weight is 301 g/mol. The van der Waals surface area contributed by atoms with Crippen molar-refractivity contribution in [3.8, 4) is 0 Å². The number of hydrogen-bond acceptors (Lipinski definition) is 3. The molecular weight excluding hydrogens is 281 g/mol. The van der Waals surface area contributed by atoms with Crippen LogP contribution in [0.1, 0.15) is 25.3 Å². The molecule has 0 spiro atoms. The smallest absolute Gasteiger partial charge is 0.243 e. The summed E-state index contributed by atoms with van der Waals surface area (Å²) >= 11 is 0. The fraction of sp³-hybridized carbons (Fsp3) is 0.571. The Kier molecular flexibility index (Phi) is 4.46. The van der Waals surface area contributed by atoms with E-state index in [4.69, 9.17) is 0 Å². The molecule has 0 amide bonds. The molecule has 2 rings (SSSR count). The summed E-state index contributed by atoms with van der Waals surface area (Å²) in [6, 6.07) is 3.50. The van der Waals surface area contributed by atoms with E-state index in [1.54, 1.807) is 6.92 Å². The van der Waals surface area contributed by atoms with Crippen LogP contribution in [0.25, 0.3) is 0 Å². The van der Waals surface area contributed by atoms with Gasteiger partial charge in [0.05, 0.1) is 17.5 Å². The fourth-order valence-electron chi connectivity index (χ4n) is 2.65. The SMILES string of the molecule is Cc1ccc(S(=O)(=O)N2CCCC(C)C2CO)cc1F. The van der Waals surface area contributed by atoms with Gasteiger partial charge < -0.3 is 5.11 Å². The third-order valence-corrected chi connectivity index (χ3v) is 5.92. The fourth-order valence-corrected chi connectivity index (χ4v) is 4.41. The van der Waals surface area contributed by atoms with E-state index in [9.17, 15) is 17.9 Å². The van der Waals surface area contributed by atoms with Crippen LogP contribution in [-0.4, -0.2) is 37.0 Å². The van der Waals surface area contributed by atoms with Crippen molar-refractivity contribution in [1.82, 2.24) is 4.31 Å². The molecule has 1 aromatic rings. The second-order valence-corrected chi connectivity index (χ2v) is 7.29. The number of sulfonamides is 1. The summed E-state index contributed by atoms with van der Waals surface area (Å²) in [5.41, 5.74) is 0.412. The Bertz CT molecular complexity index is 588. The van der Waals surface area contributed by atoms with Crippen molar-refractivity contribution in [2.75, 3.05) is 13.2 Å². The van der Waals surface area contributed by atoms with Crippen molar-refractivity contribution >= 4 is 10.0 Å². The summed E-state index contributed by atoms with van der Waals surface area (Å²) < 4.78 is 40.1. The highest BCUT2D eigenvalue weighted by molar-refractivity contribution is 7.89. The number of aryl methyl sites for hydroxylation is 1. The van der Waals surface area contributed by atoms with Crippen LogP contribution >= 0.6 is 0 Å². The largest absolute Gasteiger partial charge is 0.395 e. The van der Waals surface area contributed by atoms with E-state index in [1.165, 1.54) is 16.4 Å². The Labute approximate surface area is 119 Å². The molecule has 2 atom stereocenters. The molecule has 2 unspecified atom stereocenters. The van der Waals surface area contributed by atoms with E-state index in [2.05, 4.69) is 0 Å². The van der Waals surface area contributed by atoms with E-state index < -0.39 is 21.9 Å². The molecule has 1 heterocycles. The molecule has 20 heavy (non-hydrogen) atoms. The number of halogens is 1. The number of nitrogens with zero attached hydrogens (tertiary/aromatic N) is 1. The zero-order valence-electron chi connectivity index (χ0n) is 11.7. The zero-order chi connectivity index (χ0) is 14.9. The quantitative estimate of drug-likeness (QED) is 0.928. The minimum absolute atomic E-state index is 0.0480. The summed E-state index contributed by atoms with van der Waals surface area (Å²) in [5, 5.41) is 9.46. The Morgan fingerprint density at radius 1 is 1.45 bits per heavy atom. The van der Waals surface area contributed by atoms with Crippen LogP contribution in [0.2, 0.25) is 0 Å². The van der Waals surface area contributed by atoms with Crippen molar-refractivity contribution in [2.24, 2.45) is 5.92 Å². The molecule has 1 aliphatic rings. The number of piperidine rings is 1. The maximum Gasteiger partial charge on any atom is 0.243 e. The van der Waals surface area contributed by atoms with Crippen molar-refractivity contribution in [3.05, 3.63) is 29.6 Å². The van der Waals surface area contributed by atoms with Crippen LogP contribution in [0.15, 0.2) is 23.1 Å². The van der Waals surface area contributed by atoms with Gasteiger partial charge in [-0.05, 0) is 43.4 Å². The molecule has 1 fully saturated rings. The minimum atomic E-state index is -3.76. The molecule has 0 radical (unpaired) electrons. The highest BCUT2D eigenvalue weighted by atomic mass is 32.2. The van der Waals surface area contributed by atoms with Gasteiger partial charge in [0, 0.05) is 6.54 Å². The Morgan fingerprint density at radius 3 is 2.75 bits per heavy atom. The summed E-state index contributed by atoms with van der Waals surface area (Å²) in [5.74, 6) is -0.435. The molecule has 0 aromatic heterocycles.